The molecule has 0 amide bonds. The Morgan fingerprint density at radius 1 is 1.29 bits per heavy atom. The van der Waals surface area contributed by atoms with Crippen LogP contribution in [0.25, 0.3) is 0 Å². The molecule has 2 nitrogen and oxygen atoms in total. The summed E-state index contributed by atoms with van der Waals surface area (Å²) in [6, 6.07) is 0. The number of Topliss-reactive ketones (excluding diaryl/α,β-unsaturated/α-hetero) is 1. The van der Waals surface area contributed by atoms with Crippen molar-refractivity contribution in [2.45, 2.75) is 59.5 Å². The first-order valence-electron chi connectivity index (χ1n) is 5.57. The van der Waals surface area contributed by atoms with Gasteiger partial charge >= 0.3 is 0 Å². The van der Waals surface area contributed by atoms with Crippen LogP contribution in [0.1, 0.15) is 53.9 Å². The van der Waals surface area contributed by atoms with E-state index in [1.165, 1.54) is 0 Å². The largest absolute Gasteiger partial charge is 0.375 e. The standard InChI is InChI=1S/C12H24O2/c1-6-8-11(13)10(7-2)9-14-12(3,4)5/h10H,6-9H2,1-5H3. The van der Waals surface area contributed by atoms with E-state index in [0.29, 0.717) is 18.8 Å². The predicted octanol–water partition coefficient (Wildman–Crippen LogP) is 3.20. The molecule has 2 heteroatoms. The van der Waals surface area contributed by atoms with Gasteiger partial charge in [-0.2, -0.15) is 0 Å². The number of rotatable bonds is 6. The predicted molar refractivity (Wildman–Crippen MR) is 59.4 cm³/mol. The summed E-state index contributed by atoms with van der Waals surface area (Å²) >= 11 is 0. The molecule has 0 saturated heterocycles. The Labute approximate surface area is 88.0 Å². The Hall–Kier alpha value is -0.370. The topological polar surface area (TPSA) is 26.3 Å². The van der Waals surface area contributed by atoms with Crippen LogP contribution in [0, 0.1) is 5.92 Å². The zero-order valence-corrected chi connectivity index (χ0v) is 10.2. The first kappa shape index (κ1) is 13.6. The van der Waals surface area contributed by atoms with Crippen LogP contribution in [-0.4, -0.2) is 18.0 Å². The Bertz CT molecular complexity index is 168. The molecule has 0 aliphatic carbocycles. The molecule has 84 valence electrons. The van der Waals surface area contributed by atoms with Gasteiger partial charge in [0.25, 0.3) is 0 Å². The summed E-state index contributed by atoms with van der Waals surface area (Å²) in [6.45, 7) is 10.7. The number of carbonyl (C=O) groups excluding carboxylic acids is 1. The van der Waals surface area contributed by atoms with E-state index in [1.807, 2.05) is 34.6 Å². The average Bonchev–Trinajstić information content (AvgIpc) is 2.03. The normalized spacial score (nSPS) is 14.1. The number of hydrogen-bond donors (Lipinski definition) is 0. The fourth-order valence-electron chi connectivity index (χ4n) is 1.24. The van der Waals surface area contributed by atoms with E-state index in [-0.39, 0.29) is 11.5 Å². The minimum Gasteiger partial charge on any atom is -0.375 e. The molecule has 0 aromatic carbocycles. The van der Waals surface area contributed by atoms with Crippen molar-refractivity contribution in [2.75, 3.05) is 6.61 Å². The molecular formula is C12H24O2. The highest BCUT2D eigenvalue weighted by Gasteiger charge is 2.19. The molecule has 0 aromatic heterocycles. The van der Waals surface area contributed by atoms with Crippen LogP contribution in [0.5, 0.6) is 0 Å². The number of ether oxygens (including phenoxy) is 1. The maximum absolute atomic E-state index is 11.6. The van der Waals surface area contributed by atoms with Crippen molar-refractivity contribution < 1.29 is 9.53 Å². The zero-order chi connectivity index (χ0) is 11.2. The van der Waals surface area contributed by atoms with Crippen LogP contribution >= 0.6 is 0 Å². The Balaban J connectivity index is 3.97. The molecule has 0 spiro atoms. The molecule has 0 radical (unpaired) electrons. The monoisotopic (exact) mass is 200 g/mol. The van der Waals surface area contributed by atoms with Crippen molar-refractivity contribution in [3.8, 4) is 0 Å². The summed E-state index contributed by atoms with van der Waals surface area (Å²) < 4.78 is 5.63. The molecule has 0 fully saturated rings. The molecule has 0 aromatic rings. The minimum atomic E-state index is -0.139. The fourth-order valence-corrected chi connectivity index (χ4v) is 1.24. The van der Waals surface area contributed by atoms with Crippen molar-refractivity contribution in [1.82, 2.24) is 0 Å². The molecule has 1 atom stereocenters. The second kappa shape index (κ2) is 6.18. The van der Waals surface area contributed by atoms with Gasteiger partial charge in [0.05, 0.1) is 12.2 Å². The van der Waals surface area contributed by atoms with Gasteiger partial charge in [0.15, 0.2) is 0 Å². The molecular weight excluding hydrogens is 176 g/mol. The van der Waals surface area contributed by atoms with Crippen molar-refractivity contribution in [1.29, 1.82) is 0 Å². The first-order chi connectivity index (χ1) is 6.40. The van der Waals surface area contributed by atoms with Crippen LogP contribution in [0.4, 0.5) is 0 Å². The van der Waals surface area contributed by atoms with E-state index < -0.39 is 0 Å². The molecule has 0 heterocycles. The van der Waals surface area contributed by atoms with E-state index in [1.54, 1.807) is 0 Å². The van der Waals surface area contributed by atoms with Crippen molar-refractivity contribution in [2.24, 2.45) is 5.92 Å². The number of hydrogen-bond acceptors (Lipinski definition) is 2. The van der Waals surface area contributed by atoms with Crippen LogP contribution < -0.4 is 0 Å². The first-order valence-corrected chi connectivity index (χ1v) is 5.57. The van der Waals surface area contributed by atoms with Gasteiger partial charge in [-0.1, -0.05) is 13.8 Å². The third-order valence-corrected chi connectivity index (χ3v) is 2.16. The molecule has 0 saturated carbocycles. The molecule has 0 aliphatic heterocycles. The van der Waals surface area contributed by atoms with Gasteiger partial charge in [-0.25, -0.2) is 0 Å². The van der Waals surface area contributed by atoms with Gasteiger partial charge in [0, 0.05) is 12.3 Å². The Morgan fingerprint density at radius 3 is 2.21 bits per heavy atom. The van der Waals surface area contributed by atoms with Crippen LogP contribution in [0.15, 0.2) is 0 Å². The lowest BCUT2D eigenvalue weighted by molar-refractivity contribution is -0.127. The Kier molecular flexibility index (Phi) is 6.01. The number of carbonyl (C=O) groups is 1. The Morgan fingerprint density at radius 2 is 1.86 bits per heavy atom. The van der Waals surface area contributed by atoms with Gasteiger partial charge in [0.1, 0.15) is 5.78 Å². The lowest BCUT2D eigenvalue weighted by Gasteiger charge is -2.23. The van der Waals surface area contributed by atoms with Gasteiger partial charge in [-0.15, -0.1) is 0 Å². The maximum Gasteiger partial charge on any atom is 0.138 e. The van der Waals surface area contributed by atoms with E-state index in [0.717, 1.165) is 12.8 Å². The minimum absolute atomic E-state index is 0.0918. The summed E-state index contributed by atoms with van der Waals surface area (Å²) in [5, 5.41) is 0. The highest BCUT2D eigenvalue weighted by molar-refractivity contribution is 5.80. The SMILES string of the molecule is CCCC(=O)C(CC)COC(C)(C)C. The summed E-state index contributed by atoms with van der Waals surface area (Å²) in [7, 11) is 0. The zero-order valence-electron chi connectivity index (χ0n) is 10.2. The third kappa shape index (κ3) is 6.14. The van der Waals surface area contributed by atoms with Gasteiger partial charge < -0.3 is 4.74 Å². The summed E-state index contributed by atoms with van der Waals surface area (Å²) in [4.78, 5) is 11.6. The van der Waals surface area contributed by atoms with Crippen LogP contribution in [0.3, 0.4) is 0 Å². The van der Waals surface area contributed by atoms with Gasteiger partial charge in [-0.3, -0.25) is 4.79 Å². The van der Waals surface area contributed by atoms with Crippen molar-refractivity contribution >= 4 is 5.78 Å². The molecule has 0 bridgehead atoms. The smallest absolute Gasteiger partial charge is 0.138 e. The van der Waals surface area contributed by atoms with Gasteiger partial charge in [0.2, 0.25) is 0 Å². The maximum atomic E-state index is 11.6. The molecule has 14 heavy (non-hydrogen) atoms. The molecule has 0 N–H and O–H groups in total. The number of ketones is 1. The summed E-state index contributed by atoms with van der Waals surface area (Å²) in [5.74, 6) is 0.438. The summed E-state index contributed by atoms with van der Waals surface area (Å²) in [5.41, 5.74) is -0.139. The second-order valence-electron chi connectivity index (χ2n) is 4.74. The average molecular weight is 200 g/mol. The second-order valence-corrected chi connectivity index (χ2v) is 4.74. The lowest BCUT2D eigenvalue weighted by atomic mass is 9.98. The summed E-state index contributed by atoms with van der Waals surface area (Å²) in [6.07, 6.45) is 2.51. The van der Waals surface area contributed by atoms with Crippen LogP contribution in [-0.2, 0) is 9.53 Å². The van der Waals surface area contributed by atoms with Crippen molar-refractivity contribution in [3.05, 3.63) is 0 Å². The molecule has 0 aliphatic rings. The highest BCUT2D eigenvalue weighted by atomic mass is 16.5. The highest BCUT2D eigenvalue weighted by Crippen LogP contribution is 2.14. The van der Waals surface area contributed by atoms with E-state index in [9.17, 15) is 4.79 Å². The fraction of sp³-hybridized carbons (Fsp3) is 0.917. The van der Waals surface area contributed by atoms with Crippen molar-refractivity contribution in [3.63, 3.8) is 0 Å². The molecule has 0 rings (SSSR count). The quantitative estimate of drug-likeness (QED) is 0.658. The third-order valence-electron chi connectivity index (χ3n) is 2.16. The van der Waals surface area contributed by atoms with E-state index in [4.69, 9.17) is 4.74 Å². The van der Waals surface area contributed by atoms with E-state index in [2.05, 4.69) is 0 Å². The van der Waals surface area contributed by atoms with Crippen LogP contribution in [0.2, 0.25) is 0 Å². The van der Waals surface area contributed by atoms with Gasteiger partial charge in [-0.05, 0) is 33.6 Å². The van der Waals surface area contributed by atoms with E-state index >= 15 is 0 Å². The lowest BCUT2D eigenvalue weighted by Crippen LogP contribution is -2.27. The molecule has 1 unspecified atom stereocenters.